The molecule has 1 nitrogen and oxygen atoms in total. The molecular formula is C17H26O. The van der Waals surface area contributed by atoms with E-state index >= 15 is 0 Å². The lowest BCUT2D eigenvalue weighted by Gasteiger charge is -2.33. The van der Waals surface area contributed by atoms with Crippen LogP contribution in [0, 0.1) is 25.7 Å². The smallest absolute Gasteiger partial charge is 0.0823 e. The summed E-state index contributed by atoms with van der Waals surface area (Å²) in [6, 6.07) is 6.31. The second-order valence-corrected chi connectivity index (χ2v) is 5.95. The zero-order valence-electron chi connectivity index (χ0n) is 11.9. The molecule has 1 aromatic rings. The highest BCUT2D eigenvalue weighted by molar-refractivity contribution is 5.35. The van der Waals surface area contributed by atoms with Gasteiger partial charge in [0, 0.05) is 0 Å². The van der Waals surface area contributed by atoms with E-state index in [1.54, 1.807) is 0 Å². The van der Waals surface area contributed by atoms with Crippen molar-refractivity contribution < 1.29 is 5.11 Å². The Balaban J connectivity index is 2.17. The molecule has 0 radical (unpaired) electrons. The number of rotatable bonds is 3. The molecule has 0 spiro atoms. The monoisotopic (exact) mass is 246 g/mol. The van der Waals surface area contributed by atoms with E-state index in [0.29, 0.717) is 5.92 Å². The third-order valence-electron chi connectivity index (χ3n) is 4.69. The first-order valence-corrected chi connectivity index (χ1v) is 7.37. The maximum atomic E-state index is 10.7. The minimum Gasteiger partial charge on any atom is -0.388 e. The van der Waals surface area contributed by atoms with Crippen LogP contribution in [-0.2, 0) is 0 Å². The molecule has 0 amide bonds. The first-order chi connectivity index (χ1) is 8.63. The summed E-state index contributed by atoms with van der Waals surface area (Å²) in [5.74, 6) is 1.28. The molecular weight excluding hydrogens is 220 g/mol. The van der Waals surface area contributed by atoms with Crippen molar-refractivity contribution in [3.05, 3.63) is 34.9 Å². The molecule has 0 heterocycles. The summed E-state index contributed by atoms with van der Waals surface area (Å²) in [5, 5.41) is 10.7. The van der Waals surface area contributed by atoms with E-state index in [4.69, 9.17) is 0 Å². The van der Waals surface area contributed by atoms with Crippen LogP contribution in [-0.4, -0.2) is 5.11 Å². The molecule has 1 aromatic carbocycles. The fourth-order valence-electron chi connectivity index (χ4n) is 3.52. The van der Waals surface area contributed by atoms with Gasteiger partial charge in [0.15, 0.2) is 0 Å². The van der Waals surface area contributed by atoms with E-state index in [1.165, 1.54) is 48.8 Å². The summed E-state index contributed by atoms with van der Waals surface area (Å²) >= 11 is 0. The zero-order valence-corrected chi connectivity index (χ0v) is 11.9. The summed E-state index contributed by atoms with van der Waals surface area (Å²) in [4.78, 5) is 0. The fourth-order valence-corrected chi connectivity index (χ4v) is 3.52. The predicted octanol–water partition coefficient (Wildman–Crippen LogP) is 4.55. The SMILES string of the molecule is CCC1CCCC(C(O)c2c(C)cccc2C)C1. The Morgan fingerprint density at radius 3 is 2.50 bits per heavy atom. The minimum atomic E-state index is -0.263. The van der Waals surface area contributed by atoms with Crippen LogP contribution in [0.2, 0.25) is 0 Å². The van der Waals surface area contributed by atoms with E-state index in [1.807, 2.05) is 0 Å². The molecule has 1 fully saturated rings. The van der Waals surface area contributed by atoms with Gasteiger partial charge in [0.05, 0.1) is 6.10 Å². The average molecular weight is 246 g/mol. The number of hydrogen-bond donors (Lipinski definition) is 1. The van der Waals surface area contributed by atoms with Gasteiger partial charge in [-0.1, -0.05) is 44.4 Å². The Kier molecular flexibility index (Phi) is 4.45. The minimum absolute atomic E-state index is 0.263. The first-order valence-electron chi connectivity index (χ1n) is 7.37. The van der Waals surface area contributed by atoms with E-state index in [0.717, 1.165) is 5.92 Å². The highest BCUT2D eigenvalue weighted by atomic mass is 16.3. The number of benzene rings is 1. The lowest BCUT2D eigenvalue weighted by molar-refractivity contribution is 0.0668. The number of hydrogen-bond acceptors (Lipinski definition) is 1. The molecule has 1 heteroatoms. The summed E-state index contributed by atoms with van der Waals surface area (Å²) < 4.78 is 0. The molecule has 2 rings (SSSR count). The lowest BCUT2D eigenvalue weighted by Crippen LogP contribution is -2.22. The van der Waals surface area contributed by atoms with E-state index in [2.05, 4.69) is 39.0 Å². The van der Waals surface area contributed by atoms with Gasteiger partial charge in [0.2, 0.25) is 0 Å². The third kappa shape index (κ3) is 2.77. The molecule has 1 aliphatic rings. The van der Waals surface area contributed by atoms with Gasteiger partial charge >= 0.3 is 0 Å². The molecule has 0 bridgehead atoms. The topological polar surface area (TPSA) is 20.2 Å². The Morgan fingerprint density at radius 1 is 1.22 bits per heavy atom. The molecule has 0 saturated heterocycles. The van der Waals surface area contributed by atoms with Gasteiger partial charge in [0.25, 0.3) is 0 Å². The van der Waals surface area contributed by atoms with E-state index in [9.17, 15) is 5.11 Å². The second-order valence-electron chi connectivity index (χ2n) is 5.95. The van der Waals surface area contributed by atoms with Crippen molar-refractivity contribution in [3.63, 3.8) is 0 Å². The number of aryl methyl sites for hydroxylation is 2. The van der Waals surface area contributed by atoms with Crippen LogP contribution in [0.25, 0.3) is 0 Å². The van der Waals surface area contributed by atoms with Gasteiger partial charge < -0.3 is 5.11 Å². The molecule has 1 aliphatic carbocycles. The van der Waals surface area contributed by atoms with E-state index < -0.39 is 0 Å². The summed E-state index contributed by atoms with van der Waals surface area (Å²) in [6.07, 6.45) is 6.02. The van der Waals surface area contributed by atoms with Crippen LogP contribution in [0.5, 0.6) is 0 Å². The van der Waals surface area contributed by atoms with Gasteiger partial charge in [-0.2, -0.15) is 0 Å². The summed E-state index contributed by atoms with van der Waals surface area (Å²) in [7, 11) is 0. The molecule has 1 N–H and O–H groups in total. The highest BCUT2D eigenvalue weighted by Gasteiger charge is 2.28. The largest absolute Gasteiger partial charge is 0.388 e. The summed E-state index contributed by atoms with van der Waals surface area (Å²) in [5.41, 5.74) is 3.65. The zero-order chi connectivity index (χ0) is 13.1. The van der Waals surface area contributed by atoms with Gasteiger partial charge in [-0.15, -0.1) is 0 Å². The second kappa shape index (κ2) is 5.88. The van der Waals surface area contributed by atoms with Gasteiger partial charge in [-0.3, -0.25) is 0 Å². The fraction of sp³-hybridized carbons (Fsp3) is 0.647. The van der Waals surface area contributed by atoms with Crippen molar-refractivity contribution >= 4 is 0 Å². The van der Waals surface area contributed by atoms with Crippen LogP contribution >= 0.6 is 0 Å². The Labute approximate surface area is 111 Å². The van der Waals surface area contributed by atoms with Crippen molar-refractivity contribution in [1.82, 2.24) is 0 Å². The maximum absolute atomic E-state index is 10.7. The van der Waals surface area contributed by atoms with Gasteiger partial charge in [-0.25, -0.2) is 0 Å². The van der Waals surface area contributed by atoms with Crippen LogP contribution < -0.4 is 0 Å². The molecule has 100 valence electrons. The van der Waals surface area contributed by atoms with Crippen LogP contribution in [0.15, 0.2) is 18.2 Å². The molecule has 3 unspecified atom stereocenters. The third-order valence-corrected chi connectivity index (χ3v) is 4.69. The molecule has 1 saturated carbocycles. The van der Waals surface area contributed by atoms with Crippen molar-refractivity contribution in [3.8, 4) is 0 Å². The molecule has 18 heavy (non-hydrogen) atoms. The Bertz CT molecular complexity index is 376. The highest BCUT2D eigenvalue weighted by Crippen LogP contribution is 2.39. The number of aliphatic hydroxyl groups excluding tert-OH is 1. The van der Waals surface area contributed by atoms with E-state index in [-0.39, 0.29) is 6.10 Å². The van der Waals surface area contributed by atoms with Crippen molar-refractivity contribution in [2.24, 2.45) is 11.8 Å². The van der Waals surface area contributed by atoms with Crippen molar-refractivity contribution in [2.75, 3.05) is 0 Å². The summed E-state index contributed by atoms with van der Waals surface area (Å²) in [6.45, 7) is 6.51. The van der Waals surface area contributed by atoms with Crippen LogP contribution in [0.3, 0.4) is 0 Å². The predicted molar refractivity (Wildman–Crippen MR) is 76.6 cm³/mol. The van der Waals surface area contributed by atoms with Gasteiger partial charge in [-0.05, 0) is 55.2 Å². The Hall–Kier alpha value is -0.820. The van der Waals surface area contributed by atoms with Crippen molar-refractivity contribution in [2.45, 2.75) is 59.0 Å². The first kappa shape index (κ1) is 13.6. The van der Waals surface area contributed by atoms with Gasteiger partial charge in [0.1, 0.15) is 0 Å². The molecule has 3 atom stereocenters. The average Bonchev–Trinajstić information content (AvgIpc) is 2.38. The van der Waals surface area contributed by atoms with Crippen LogP contribution in [0.1, 0.15) is 61.8 Å². The standard InChI is InChI=1S/C17H26O/c1-4-14-9-6-10-15(11-14)17(18)16-12(2)7-5-8-13(16)3/h5,7-8,14-15,17-18H,4,6,9-11H2,1-3H3. The van der Waals surface area contributed by atoms with Crippen LogP contribution in [0.4, 0.5) is 0 Å². The number of aliphatic hydroxyl groups is 1. The molecule has 0 aliphatic heterocycles. The quantitative estimate of drug-likeness (QED) is 0.829. The lowest BCUT2D eigenvalue weighted by atomic mass is 9.75. The van der Waals surface area contributed by atoms with Crippen molar-refractivity contribution in [1.29, 1.82) is 0 Å². The maximum Gasteiger partial charge on any atom is 0.0823 e. The Morgan fingerprint density at radius 2 is 1.89 bits per heavy atom. The normalized spacial score (nSPS) is 26.0. The molecule has 0 aromatic heterocycles.